The normalized spacial score (nSPS) is 11.2. The van der Waals surface area contributed by atoms with Gasteiger partial charge in [-0.1, -0.05) is 46.9 Å². The number of rotatable bonds is 4. The highest BCUT2D eigenvalue weighted by Gasteiger charge is 2.36. The van der Waals surface area contributed by atoms with E-state index >= 15 is 0 Å². The number of amides is 1. The molecule has 0 unspecified atom stereocenters. The lowest BCUT2D eigenvalue weighted by Crippen LogP contribution is -2.39. The largest absolute Gasteiger partial charge is 0.418 e. The standard InChI is InChI=1S/C23H14Cl3F3N4O.ClH/c24-13-5-8-15(9-6-13)32-12-19(31-21(32)16-3-1-2-4-18(16)26)22(34)33(30)20-10-7-14(25)11-17(20)23(27,28)29;/h1-12H,30H2;1H. The summed E-state index contributed by atoms with van der Waals surface area (Å²) in [6.07, 6.45) is -3.42. The van der Waals surface area contributed by atoms with Gasteiger partial charge in [0.2, 0.25) is 0 Å². The third kappa shape index (κ3) is 5.58. The number of alkyl halides is 3. The smallest absolute Gasteiger partial charge is 0.299 e. The van der Waals surface area contributed by atoms with Crippen LogP contribution in [0.2, 0.25) is 15.1 Å². The summed E-state index contributed by atoms with van der Waals surface area (Å²) in [4.78, 5) is 17.5. The second-order valence-corrected chi connectivity index (χ2v) is 8.39. The number of carbonyl (C=O) groups is 1. The fourth-order valence-corrected chi connectivity index (χ4v) is 3.81. The molecule has 0 saturated heterocycles. The zero-order chi connectivity index (χ0) is 24.6. The van der Waals surface area contributed by atoms with E-state index in [0.717, 1.165) is 6.07 Å². The highest BCUT2D eigenvalue weighted by Crippen LogP contribution is 2.38. The maximum Gasteiger partial charge on any atom is 0.418 e. The molecule has 12 heteroatoms. The van der Waals surface area contributed by atoms with E-state index in [1.165, 1.54) is 12.3 Å². The van der Waals surface area contributed by atoms with Crippen LogP contribution in [0.5, 0.6) is 0 Å². The summed E-state index contributed by atoms with van der Waals surface area (Å²) in [7, 11) is 0. The lowest BCUT2D eigenvalue weighted by Gasteiger charge is -2.20. The van der Waals surface area contributed by atoms with Crippen LogP contribution in [0.15, 0.2) is 72.9 Å². The highest BCUT2D eigenvalue weighted by molar-refractivity contribution is 6.33. The molecule has 0 fully saturated rings. The number of nitrogens with zero attached hydrogens (tertiary/aromatic N) is 3. The van der Waals surface area contributed by atoms with Crippen molar-refractivity contribution < 1.29 is 18.0 Å². The van der Waals surface area contributed by atoms with Crippen molar-refractivity contribution in [2.45, 2.75) is 6.18 Å². The van der Waals surface area contributed by atoms with Crippen molar-refractivity contribution in [1.82, 2.24) is 9.55 Å². The molecule has 0 bridgehead atoms. The van der Waals surface area contributed by atoms with Crippen molar-refractivity contribution in [3.8, 4) is 17.1 Å². The summed E-state index contributed by atoms with van der Waals surface area (Å²) in [5, 5.41) is 1.10. The molecule has 0 radical (unpaired) electrons. The molecule has 1 amide bonds. The first-order valence-electron chi connectivity index (χ1n) is 9.62. The molecule has 1 aromatic heterocycles. The van der Waals surface area contributed by atoms with Crippen LogP contribution in [0.3, 0.4) is 0 Å². The summed E-state index contributed by atoms with van der Waals surface area (Å²) >= 11 is 18.1. The SMILES string of the molecule is Cl.NN(C(=O)c1cn(-c2ccc(Cl)cc2)c(-c2ccccc2Cl)n1)c1ccc(Cl)cc1C(F)(F)F. The van der Waals surface area contributed by atoms with Crippen LogP contribution in [0.1, 0.15) is 16.1 Å². The van der Waals surface area contributed by atoms with Gasteiger partial charge in [-0.05, 0) is 54.6 Å². The average Bonchev–Trinajstić information content (AvgIpc) is 3.23. The lowest BCUT2D eigenvalue weighted by molar-refractivity contribution is -0.137. The lowest BCUT2D eigenvalue weighted by atomic mass is 10.1. The Hall–Kier alpha value is -2.75. The van der Waals surface area contributed by atoms with Gasteiger partial charge in [-0.15, -0.1) is 12.4 Å². The van der Waals surface area contributed by atoms with Crippen LogP contribution in [0, 0.1) is 0 Å². The molecule has 0 aliphatic heterocycles. The molecular weight excluding hydrogens is 547 g/mol. The Labute approximate surface area is 219 Å². The molecule has 4 aromatic rings. The molecule has 4 rings (SSSR count). The Kier molecular flexibility index (Phi) is 8.03. The number of hydrazine groups is 1. The molecule has 0 saturated carbocycles. The Balaban J connectivity index is 0.00000342. The molecule has 0 spiro atoms. The number of benzene rings is 3. The van der Waals surface area contributed by atoms with Gasteiger partial charge >= 0.3 is 6.18 Å². The molecule has 35 heavy (non-hydrogen) atoms. The van der Waals surface area contributed by atoms with Gasteiger partial charge in [-0.2, -0.15) is 13.2 Å². The zero-order valence-electron chi connectivity index (χ0n) is 17.4. The summed E-state index contributed by atoms with van der Waals surface area (Å²) in [6, 6.07) is 16.4. The van der Waals surface area contributed by atoms with E-state index in [1.807, 2.05) is 0 Å². The Morgan fingerprint density at radius 2 is 1.57 bits per heavy atom. The number of anilines is 1. The van der Waals surface area contributed by atoms with Crippen molar-refractivity contribution >= 4 is 58.8 Å². The third-order valence-corrected chi connectivity index (χ3v) is 5.70. The molecule has 0 aliphatic carbocycles. The van der Waals surface area contributed by atoms with Crippen LogP contribution in [-0.4, -0.2) is 15.5 Å². The zero-order valence-corrected chi connectivity index (χ0v) is 20.5. The van der Waals surface area contributed by atoms with Crippen LogP contribution in [-0.2, 0) is 6.18 Å². The first-order valence-corrected chi connectivity index (χ1v) is 10.8. The van der Waals surface area contributed by atoms with E-state index < -0.39 is 23.3 Å². The first-order chi connectivity index (χ1) is 16.1. The summed E-state index contributed by atoms with van der Waals surface area (Å²) < 4.78 is 42.2. The van der Waals surface area contributed by atoms with Crippen LogP contribution < -0.4 is 10.9 Å². The predicted octanol–water partition coefficient (Wildman–Crippen LogP) is 7.46. The van der Waals surface area contributed by atoms with Gasteiger partial charge in [0.05, 0.1) is 16.3 Å². The van der Waals surface area contributed by atoms with Crippen molar-refractivity contribution in [3.63, 3.8) is 0 Å². The third-order valence-electron chi connectivity index (χ3n) is 4.89. The highest BCUT2D eigenvalue weighted by atomic mass is 35.5. The van der Waals surface area contributed by atoms with E-state index in [2.05, 4.69) is 4.98 Å². The van der Waals surface area contributed by atoms with Crippen molar-refractivity contribution in [2.75, 3.05) is 5.01 Å². The molecule has 0 aliphatic rings. The van der Waals surface area contributed by atoms with E-state index in [9.17, 15) is 18.0 Å². The van der Waals surface area contributed by atoms with E-state index in [1.54, 1.807) is 53.1 Å². The fourth-order valence-electron chi connectivity index (χ4n) is 3.29. The van der Waals surface area contributed by atoms with Gasteiger partial charge in [-0.25, -0.2) is 15.8 Å². The fraction of sp³-hybridized carbons (Fsp3) is 0.0435. The van der Waals surface area contributed by atoms with Crippen LogP contribution >= 0.6 is 47.2 Å². The predicted molar refractivity (Wildman–Crippen MR) is 134 cm³/mol. The quantitative estimate of drug-likeness (QED) is 0.160. The minimum absolute atomic E-state index is 0. The monoisotopic (exact) mass is 560 g/mol. The van der Waals surface area contributed by atoms with Gasteiger partial charge in [0.25, 0.3) is 5.91 Å². The average molecular weight is 562 g/mol. The van der Waals surface area contributed by atoms with Gasteiger partial charge in [0.15, 0.2) is 0 Å². The van der Waals surface area contributed by atoms with Crippen molar-refractivity contribution in [2.24, 2.45) is 5.84 Å². The first kappa shape index (κ1) is 26.8. The number of imidazole rings is 1. The van der Waals surface area contributed by atoms with E-state index in [0.29, 0.717) is 32.4 Å². The van der Waals surface area contributed by atoms with Gasteiger partial charge in [-0.3, -0.25) is 9.36 Å². The van der Waals surface area contributed by atoms with Gasteiger partial charge < -0.3 is 0 Å². The summed E-state index contributed by atoms with van der Waals surface area (Å²) in [6.45, 7) is 0. The molecule has 1 heterocycles. The summed E-state index contributed by atoms with van der Waals surface area (Å²) in [5.74, 6) is 5.18. The molecule has 0 atom stereocenters. The molecule has 2 N–H and O–H groups in total. The van der Waals surface area contributed by atoms with E-state index in [4.69, 9.17) is 40.6 Å². The topological polar surface area (TPSA) is 64.2 Å². The van der Waals surface area contributed by atoms with Crippen molar-refractivity contribution in [3.05, 3.63) is 99.3 Å². The maximum absolute atomic E-state index is 13.5. The van der Waals surface area contributed by atoms with Gasteiger partial charge in [0.1, 0.15) is 11.5 Å². The Bertz CT molecular complexity index is 1370. The minimum atomic E-state index is -4.79. The number of halogens is 7. The number of aromatic nitrogens is 2. The second-order valence-electron chi connectivity index (χ2n) is 7.11. The molecule has 182 valence electrons. The summed E-state index contributed by atoms with van der Waals surface area (Å²) in [5.41, 5.74) is -0.821. The second kappa shape index (κ2) is 10.5. The van der Waals surface area contributed by atoms with Crippen molar-refractivity contribution in [1.29, 1.82) is 0 Å². The maximum atomic E-state index is 13.5. The minimum Gasteiger partial charge on any atom is -0.299 e. The van der Waals surface area contributed by atoms with Crippen LogP contribution in [0.4, 0.5) is 18.9 Å². The number of hydrogen-bond donors (Lipinski definition) is 1. The Morgan fingerprint density at radius 3 is 2.20 bits per heavy atom. The number of hydrogen-bond acceptors (Lipinski definition) is 3. The number of nitrogens with two attached hydrogens (primary N) is 1. The van der Waals surface area contributed by atoms with E-state index in [-0.39, 0.29) is 28.9 Å². The molecule has 5 nitrogen and oxygen atoms in total. The Morgan fingerprint density at radius 1 is 0.943 bits per heavy atom. The van der Waals surface area contributed by atoms with Crippen LogP contribution in [0.25, 0.3) is 17.1 Å². The molecule has 3 aromatic carbocycles. The molecular formula is C23H15Cl4F3N4O. The van der Waals surface area contributed by atoms with Gasteiger partial charge in [0, 0.05) is 27.5 Å². The number of carbonyl (C=O) groups excluding carboxylic acids is 1.